The lowest BCUT2D eigenvalue weighted by atomic mass is 9.91. The molecule has 200 valence electrons. The Labute approximate surface area is 219 Å². The van der Waals surface area contributed by atoms with Crippen molar-refractivity contribution in [2.45, 2.75) is 70.4 Å². The largest absolute Gasteiger partial charge is 0.460 e. The number of hydrogen-bond acceptors (Lipinski definition) is 6. The van der Waals surface area contributed by atoms with Crippen molar-refractivity contribution in [3.05, 3.63) is 65.8 Å². The molecule has 0 saturated heterocycles. The summed E-state index contributed by atoms with van der Waals surface area (Å²) in [6.07, 6.45) is 8.07. The van der Waals surface area contributed by atoms with Gasteiger partial charge in [0.2, 0.25) is 0 Å². The van der Waals surface area contributed by atoms with E-state index in [1.54, 1.807) is 20.8 Å². The number of hydrogen-bond donors (Lipinski definition) is 2. The number of alkyl carbamates (subject to hydrolysis) is 2. The molecule has 3 rings (SSSR count). The molecule has 2 atom stereocenters. The summed E-state index contributed by atoms with van der Waals surface area (Å²) in [5.74, 6) is -0.544. The summed E-state index contributed by atoms with van der Waals surface area (Å²) in [5.41, 5.74) is 4.29. The zero-order valence-electron chi connectivity index (χ0n) is 22.0. The first-order chi connectivity index (χ1) is 17.7. The van der Waals surface area contributed by atoms with Crippen molar-refractivity contribution in [1.29, 1.82) is 0 Å². The highest BCUT2D eigenvalue weighted by molar-refractivity contribution is 5.85. The predicted molar refractivity (Wildman–Crippen MR) is 142 cm³/mol. The quantitative estimate of drug-likeness (QED) is 0.179. The van der Waals surface area contributed by atoms with Crippen molar-refractivity contribution in [3.8, 4) is 0 Å². The number of nitrogens with one attached hydrogen (secondary N) is 2. The van der Waals surface area contributed by atoms with Crippen LogP contribution in [0, 0.1) is 0 Å². The van der Waals surface area contributed by atoms with E-state index in [1.807, 2.05) is 12.1 Å². The lowest BCUT2D eigenvalue weighted by Gasteiger charge is -2.21. The predicted octanol–water partition coefficient (Wildman–Crippen LogP) is 5.41. The molecule has 2 aliphatic rings. The molecule has 37 heavy (non-hydrogen) atoms. The Kier molecular flexibility index (Phi) is 9.94. The Morgan fingerprint density at radius 3 is 2.68 bits per heavy atom. The third kappa shape index (κ3) is 8.23. The summed E-state index contributed by atoms with van der Waals surface area (Å²) in [4.78, 5) is 37.0. The van der Waals surface area contributed by atoms with Crippen LogP contribution in [0.15, 0.2) is 54.6 Å². The van der Waals surface area contributed by atoms with Gasteiger partial charge in [-0.05, 0) is 69.6 Å². The second-order valence-electron chi connectivity index (χ2n) is 10.2. The molecule has 2 aliphatic carbocycles. The van der Waals surface area contributed by atoms with Gasteiger partial charge in [0.15, 0.2) is 0 Å². The number of amides is 2. The summed E-state index contributed by atoms with van der Waals surface area (Å²) < 4.78 is 16.0. The number of benzene rings is 1. The zero-order chi connectivity index (χ0) is 26.8. The Morgan fingerprint density at radius 1 is 1.14 bits per heavy atom. The van der Waals surface area contributed by atoms with Crippen LogP contribution in [0.25, 0.3) is 5.57 Å². The number of carbonyl (C=O) groups is 3. The lowest BCUT2D eigenvalue weighted by Crippen LogP contribution is -2.42. The van der Waals surface area contributed by atoms with Crippen molar-refractivity contribution in [2.24, 2.45) is 0 Å². The van der Waals surface area contributed by atoms with Gasteiger partial charge in [-0.15, -0.1) is 0 Å². The number of ether oxygens (including phenoxy) is 3. The van der Waals surface area contributed by atoms with Gasteiger partial charge >= 0.3 is 18.2 Å². The second kappa shape index (κ2) is 13.1. The first-order valence-corrected chi connectivity index (χ1v) is 12.9. The van der Waals surface area contributed by atoms with Crippen LogP contribution in [0.1, 0.15) is 69.9 Å². The molecule has 1 aromatic carbocycles. The van der Waals surface area contributed by atoms with Crippen LogP contribution >= 0.6 is 0 Å². The smallest absolute Gasteiger partial charge is 0.407 e. The Bertz CT molecular complexity index is 1050. The molecule has 0 aliphatic heterocycles. The van der Waals surface area contributed by atoms with E-state index >= 15 is 0 Å². The van der Waals surface area contributed by atoms with E-state index in [-0.39, 0.29) is 19.1 Å². The maximum Gasteiger partial charge on any atom is 0.407 e. The highest BCUT2D eigenvalue weighted by Gasteiger charge is 2.32. The summed E-state index contributed by atoms with van der Waals surface area (Å²) >= 11 is 0. The molecular weight excluding hydrogens is 472 g/mol. The van der Waals surface area contributed by atoms with Crippen LogP contribution < -0.4 is 10.6 Å². The van der Waals surface area contributed by atoms with E-state index in [2.05, 4.69) is 41.5 Å². The molecule has 0 spiro atoms. The number of unbranched alkanes of at least 4 members (excludes halogenated alkanes) is 1. The Morgan fingerprint density at radius 2 is 1.92 bits per heavy atom. The van der Waals surface area contributed by atoms with Crippen LogP contribution in [0.5, 0.6) is 0 Å². The second-order valence-corrected chi connectivity index (χ2v) is 10.2. The fourth-order valence-electron chi connectivity index (χ4n) is 4.54. The molecule has 8 nitrogen and oxygen atoms in total. The first-order valence-electron chi connectivity index (χ1n) is 12.9. The number of fused-ring (bicyclic) bond motifs is 2. The van der Waals surface area contributed by atoms with Crippen molar-refractivity contribution in [2.75, 3.05) is 19.8 Å². The zero-order valence-corrected chi connectivity index (χ0v) is 22.0. The van der Waals surface area contributed by atoms with E-state index < -0.39 is 29.8 Å². The summed E-state index contributed by atoms with van der Waals surface area (Å²) in [6.45, 7) is 9.58. The average Bonchev–Trinajstić information content (AvgIpc) is 3.17. The topological polar surface area (TPSA) is 103 Å². The van der Waals surface area contributed by atoms with Gasteiger partial charge in [-0.3, -0.25) is 0 Å². The molecule has 0 bridgehead atoms. The number of rotatable bonds is 11. The molecule has 2 amide bonds. The van der Waals surface area contributed by atoms with Crippen LogP contribution in [-0.4, -0.2) is 49.6 Å². The van der Waals surface area contributed by atoms with E-state index in [9.17, 15) is 14.4 Å². The van der Waals surface area contributed by atoms with Gasteiger partial charge in [0.1, 0.15) is 24.9 Å². The van der Waals surface area contributed by atoms with Crippen molar-refractivity contribution >= 4 is 23.7 Å². The first kappa shape index (κ1) is 28.0. The summed E-state index contributed by atoms with van der Waals surface area (Å²) in [6, 6.07) is 7.33. The molecule has 0 radical (unpaired) electrons. The maximum absolute atomic E-state index is 12.7. The van der Waals surface area contributed by atoms with Gasteiger partial charge < -0.3 is 24.8 Å². The molecule has 0 heterocycles. The molecule has 0 fully saturated rings. The Balaban J connectivity index is 1.51. The fourth-order valence-corrected chi connectivity index (χ4v) is 4.54. The molecular formula is C29H38N2O6. The molecule has 0 aromatic heterocycles. The van der Waals surface area contributed by atoms with Crippen molar-refractivity contribution < 1.29 is 28.6 Å². The van der Waals surface area contributed by atoms with E-state index in [0.717, 1.165) is 18.4 Å². The minimum absolute atomic E-state index is 0.00648. The maximum atomic E-state index is 12.7. The highest BCUT2D eigenvalue weighted by Crippen LogP contribution is 2.46. The number of carbonyl (C=O) groups excluding carboxylic acids is 3. The molecule has 8 heteroatoms. The Hall–Kier alpha value is -3.55. The monoisotopic (exact) mass is 510 g/mol. The standard InChI is InChI=1S/C29H38N2O6/c1-5-18-35-26(32)25(16-10-11-17-30-27(33)37-29(2,3)4)31-28(34)36-19-24-22-14-8-6-12-20(22)21-13-7-9-15-23(21)24/h5-8,12-14,24-25H,1,9-11,15-19H2,2-4H3,(H,30,33)(H,31,34). The molecule has 2 N–H and O–H groups in total. The molecule has 1 aromatic rings. The van der Waals surface area contributed by atoms with E-state index in [1.165, 1.54) is 22.8 Å². The minimum Gasteiger partial charge on any atom is -0.460 e. The molecule has 0 saturated carbocycles. The van der Waals surface area contributed by atoms with Gasteiger partial charge in [-0.25, -0.2) is 14.4 Å². The van der Waals surface area contributed by atoms with Crippen molar-refractivity contribution in [1.82, 2.24) is 10.6 Å². The van der Waals surface area contributed by atoms with Crippen LogP contribution in [0.4, 0.5) is 9.59 Å². The van der Waals surface area contributed by atoms with Crippen LogP contribution in [-0.2, 0) is 19.0 Å². The van der Waals surface area contributed by atoms with Crippen LogP contribution in [0.3, 0.4) is 0 Å². The highest BCUT2D eigenvalue weighted by atomic mass is 16.6. The summed E-state index contributed by atoms with van der Waals surface area (Å²) in [5, 5.41) is 5.35. The van der Waals surface area contributed by atoms with Gasteiger partial charge in [0.05, 0.1) is 0 Å². The summed E-state index contributed by atoms with van der Waals surface area (Å²) in [7, 11) is 0. The third-order valence-electron chi connectivity index (χ3n) is 6.15. The molecule has 2 unspecified atom stereocenters. The van der Waals surface area contributed by atoms with Gasteiger partial charge in [0, 0.05) is 12.5 Å². The van der Waals surface area contributed by atoms with Crippen LogP contribution in [0.2, 0.25) is 0 Å². The fraction of sp³-hybridized carbons (Fsp3) is 0.483. The van der Waals surface area contributed by atoms with Gasteiger partial charge in [0.25, 0.3) is 0 Å². The van der Waals surface area contributed by atoms with Gasteiger partial charge in [-0.2, -0.15) is 0 Å². The van der Waals surface area contributed by atoms with E-state index in [4.69, 9.17) is 14.2 Å². The number of esters is 1. The lowest BCUT2D eigenvalue weighted by molar-refractivity contribution is -0.145. The minimum atomic E-state index is -0.864. The number of allylic oxidation sites excluding steroid dienone is 3. The van der Waals surface area contributed by atoms with Gasteiger partial charge in [-0.1, -0.05) is 54.6 Å². The third-order valence-corrected chi connectivity index (χ3v) is 6.15. The average molecular weight is 511 g/mol. The SMILES string of the molecule is C=CCOC(=O)C(CCCCNC(=O)OC(C)(C)C)NC(=O)OCC1C2=C(C=CCC2)c2ccccc21. The normalized spacial score (nSPS) is 16.8. The van der Waals surface area contributed by atoms with Crippen molar-refractivity contribution in [3.63, 3.8) is 0 Å². The van der Waals surface area contributed by atoms with E-state index in [0.29, 0.717) is 25.8 Å².